The van der Waals surface area contributed by atoms with Gasteiger partial charge >= 0.3 is 6.18 Å². The first kappa shape index (κ1) is 22.1. The Morgan fingerprint density at radius 2 is 1.91 bits per heavy atom. The van der Waals surface area contributed by atoms with Gasteiger partial charge in [0.15, 0.2) is 5.82 Å². The second-order valence-corrected chi connectivity index (χ2v) is 8.43. The first-order chi connectivity index (χ1) is 16.2. The van der Waals surface area contributed by atoms with Crippen molar-refractivity contribution in [3.8, 4) is 23.1 Å². The number of imidazole rings is 1. The maximum absolute atomic E-state index is 13.4. The van der Waals surface area contributed by atoms with E-state index in [1.165, 1.54) is 19.2 Å². The van der Waals surface area contributed by atoms with Crippen molar-refractivity contribution in [3.63, 3.8) is 0 Å². The normalized spacial score (nSPS) is 15.9. The van der Waals surface area contributed by atoms with Crippen LogP contribution < -0.4 is 4.74 Å². The molecule has 0 radical (unpaired) electrons. The van der Waals surface area contributed by atoms with Crippen LogP contribution >= 0.6 is 0 Å². The molecule has 10 heteroatoms. The Bertz CT molecular complexity index is 1360. The van der Waals surface area contributed by atoms with Crippen molar-refractivity contribution >= 4 is 0 Å². The van der Waals surface area contributed by atoms with Gasteiger partial charge in [0.1, 0.15) is 17.2 Å². The first-order valence-electron chi connectivity index (χ1n) is 10.9. The van der Waals surface area contributed by atoms with Crippen LogP contribution in [0.3, 0.4) is 0 Å². The van der Waals surface area contributed by atoms with E-state index in [0.29, 0.717) is 41.8 Å². The molecule has 0 bridgehead atoms. The van der Waals surface area contributed by atoms with E-state index in [1.54, 1.807) is 17.1 Å². The van der Waals surface area contributed by atoms with Crippen LogP contribution in [0.1, 0.15) is 47.0 Å². The number of alkyl halides is 3. The summed E-state index contributed by atoms with van der Waals surface area (Å²) in [5.41, 5.74) is 2.90. The minimum atomic E-state index is -4.40. The van der Waals surface area contributed by atoms with Gasteiger partial charge in [0, 0.05) is 18.7 Å². The fourth-order valence-corrected chi connectivity index (χ4v) is 4.40. The second kappa shape index (κ2) is 8.27. The molecule has 1 aliphatic heterocycles. The molecule has 4 aromatic rings. The highest BCUT2D eigenvalue weighted by molar-refractivity contribution is 5.55. The van der Waals surface area contributed by atoms with E-state index in [0.717, 1.165) is 29.4 Å². The number of hydrogen-bond acceptors (Lipinski definition) is 5. The molecule has 1 aromatic carbocycles. The van der Waals surface area contributed by atoms with Gasteiger partial charge < -0.3 is 9.30 Å². The van der Waals surface area contributed by atoms with Gasteiger partial charge in [-0.25, -0.2) is 19.6 Å². The van der Waals surface area contributed by atoms with Crippen molar-refractivity contribution in [1.82, 2.24) is 29.3 Å². The number of halogens is 3. The van der Waals surface area contributed by atoms with Crippen molar-refractivity contribution < 1.29 is 17.9 Å². The van der Waals surface area contributed by atoms with Gasteiger partial charge in [-0.1, -0.05) is 6.07 Å². The van der Waals surface area contributed by atoms with Gasteiger partial charge in [-0.2, -0.15) is 13.2 Å². The molecule has 0 saturated carbocycles. The third-order valence-corrected chi connectivity index (χ3v) is 6.11. The van der Waals surface area contributed by atoms with Gasteiger partial charge in [0.25, 0.3) is 0 Å². The monoisotopic (exact) mass is 468 g/mol. The van der Waals surface area contributed by atoms with E-state index in [-0.39, 0.29) is 5.92 Å². The Morgan fingerprint density at radius 1 is 1.09 bits per heavy atom. The highest BCUT2D eigenvalue weighted by Gasteiger charge is 2.33. The minimum absolute atomic E-state index is 0.271. The number of fused-ring (bicyclic) bond motifs is 1. The third kappa shape index (κ3) is 3.93. The molecule has 3 aromatic heterocycles. The number of aryl methyl sites for hydroxylation is 3. The van der Waals surface area contributed by atoms with Gasteiger partial charge in [-0.05, 0) is 62.1 Å². The molecule has 0 spiro atoms. The third-order valence-electron chi connectivity index (χ3n) is 6.11. The van der Waals surface area contributed by atoms with Gasteiger partial charge in [-0.3, -0.25) is 0 Å². The van der Waals surface area contributed by atoms with Crippen LogP contribution in [-0.2, 0) is 12.7 Å². The molecule has 0 aliphatic carbocycles. The van der Waals surface area contributed by atoms with Crippen molar-refractivity contribution in [2.75, 3.05) is 7.11 Å². The predicted molar refractivity (Wildman–Crippen MR) is 119 cm³/mol. The topological polar surface area (TPSA) is 70.7 Å². The summed E-state index contributed by atoms with van der Waals surface area (Å²) < 4.78 is 49.2. The lowest BCUT2D eigenvalue weighted by atomic mass is 9.87. The van der Waals surface area contributed by atoms with Crippen molar-refractivity contribution in [2.24, 2.45) is 0 Å². The molecule has 0 fully saturated rings. The quantitative estimate of drug-likeness (QED) is 0.417. The predicted octanol–water partition coefficient (Wildman–Crippen LogP) is 5.10. The number of nitrogens with zero attached hydrogens (tertiary/aromatic N) is 6. The van der Waals surface area contributed by atoms with Gasteiger partial charge in [0.2, 0.25) is 5.88 Å². The van der Waals surface area contributed by atoms with E-state index in [4.69, 9.17) is 9.72 Å². The summed E-state index contributed by atoms with van der Waals surface area (Å²) in [5, 5.41) is 4.63. The Labute approximate surface area is 194 Å². The summed E-state index contributed by atoms with van der Waals surface area (Å²) in [4.78, 5) is 13.6. The number of methoxy groups -OCH3 is 1. The zero-order valence-electron chi connectivity index (χ0n) is 19.0. The molecule has 0 amide bonds. The lowest BCUT2D eigenvalue weighted by Crippen LogP contribution is -2.19. The standard InChI is InChI=1S/C24H23F3N6O/c1-14-6-7-16(24(25,26)27)11-18(14)17-5-4-10-33-22(17)30-21(31-33)19-8-9-20(23(29-19)34-3)32-12-15(2)28-13-32/h6-9,11-13,17H,4-5,10H2,1-3H3. The highest BCUT2D eigenvalue weighted by atomic mass is 19.4. The maximum atomic E-state index is 13.4. The van der Waals surface area contributed by atoms with Crippen LogP contribution in [0.5, 0.6) is 5.88 Å². The summed E-state index contributed by atoms with van der Waals surface area (Å²) in [6.45, 7) is 4.38. The fourth-order valence-electron chi connectivity index (χ4n) is 4.40. The second-order valence-electron chi connectivity index (χ2n) is 8.43. The summed E-state index contributed by atoms with van der Waals surface area (Å²) in [6, 6.07) is 7.55. The molecule has 176 valence electrons. The molecule has 1 atom stereocenters. The number of ether oxygens (including phenoxy) is 1. The number of benzene rings is 1. The number of aromatic nitrogens is 6. The molecule has 1 unspecified atom stereocenters. The van der Waals surface area contributed by atoms with E-state index in [1.807, 2.05) is 30.7 Å². The van der Waals surface area contributed by atoms with E-state index in [2.05, 4.69) is 15.1 Å². The lowest BCUT2D eigenvalue weighted by Gasteiger charge is -2.24. The molecule has 1 aliphatic rings. The Hall–Kier alpha value is -3.69. The van der Waals surface area contributed by atoms with Crippen LogP contribution in [0.25, 0.3) is 17.2 Å². The summed E-state index contributed by atoms with van der Waals surface area (Å²) >= 11 is 0. The van der Waals surface area contributed by atoms with E-state index < -0.39 is 11.7 Å². The Balaban J connectivity index is 1.54. The number of pyridine rings is 1. The van der Waals surface area contributed by atoms with Gasteiger partial charge in [0.05, 0.1) is 24.7 Å². The molecular weight excluding hydrogens is 445 g/mol. The summed E-state index contributed by atoms with van der Waals surface area (Å²) in [7, 11) is 1.54. The van der Waals surface area contributed by atoms with Crippen LogP contribution in [0.2, 0.25) is 0 Å². The molecule has 34 heavy (non-hydrogen) atoms. The van der Waals surface area contributed by atoms with E-state index in [9.17, 15) is 13.2 Å². The molecule has 0 N–H and O–H groups in total. The van der Waals surface area contributed by atoms with E-state index >= 15 is 0 Å². The van der Waals surface area contributed by atoms with Crippen LogP contribution in [-0.4, -0.2) is 36.4 Å². The molecule has 4 heterocycles. The van der Waals surface area contributed by atoms with Crippen LogP contribution in [0.15, 0.2) is 42.9 Å². The molecule has 7 nitrogen and oxygen atoms in total. The average molecular weight is 468 g/mol. The Kier molecular flexibility index (Phi) is 5.38. The van der Waals surface area contributed by atoms with Crippen LogP contribution in [0, 0.1) is 13.8 Å². The van der Waals surface area contributed by atoms with Crippen LogP contribution in [0.4, 0.5) is 13.2 Å². The number of rotatable bonds is 4. The largest absolute Gasteiger partial charge is 0.479 e. The lowest BCUT2D eigenvalue weighted by molar-refractivity contribution is -0.137. The maximum Gasteiger partial charge on any atom is 0.416 e. The van der Waals surface area contributed by atoms with Gasteiger partial charge in [-0.15, -0.1) is 5.10 Å². The zero-order valence-corrected chi connectivity index (χ0v) is 19.0. The average Bonchev–Trinajstić information content (AvgIpc) is 3.44. The Morgan fingerprint density at radius 3 is 2.62 bits per heavy atom. The summed E-state index contributed by atoms with van der Waals surface area (Å²) in [6.07, 6.45) is 0.659. The minimum Gasteiger partial charge on any atom is -0.479 e. The smallest absolute Gasteiger partial charge is 0.416 e. The SMILES string of the molecule is COc1nc(-c2nc3n(n2)CCCC3c2cc(C(F)(F)F)ccc2C)ccc1-n1cnc(C)c1. The van der Waals surface area contributed by atoms with Crippen molar-refractivity contribution in [3.05, 3.63) is 71.1 Å². The summed E-state index contributed by atoms with van der Waals surface area (Å²) in [5.74, 6) is 1.19. The fraction of sp³-hybridized carbons (Fsp3) is 0.333. The van der Waals surface area contributed by atoms with Crippen molar-refractivity contribution in [2.45, 2.75) is 45.3 Å². The molecule has 5 rings (SSSR count). The highest BCUT2D eigenvalue weighted by Crippen LogP contribution is 2.38. The van der Waals surface area contributed by atoms with Crippen molar-refractivity contribution in [1.29, 1.82) is 0 Å². The zero-order chi connectivity index (χ0) is 24.0. The number of hydrogen-bond donors (Lipinski definition) is 0. The first-order valence-corrected chi connectivity index (χ1v) is 10.9. The molecule has 0 saturated heterocycles. The molecular formula is C24H23F3N6O.